The highest BCUT2D eigenvalue weighted by Gasteiger charge is 2.35. The van der Waals surface area contributed by atoms with E-state index in [1.807, 2.05) is 37.3 Å². The Morgan fingerprint density at radius 3 is 2.61 bits per heavy atom. The molecule has 0 saturated carbocycles. The third-order valence-corrected chi connectivity index (χ3v) is 6.45. The lowest BCUT2D eigenvalue weighted by molar-refractivity contribution is 0.0329. The van der Waals surface area contributed by atoms with Gasteiger partial charge in [-0.2, -0.15) is 0 Å². The molecular formula is C26H30N2O5. The van der Waals surface area contributed by atoms with Crippen molar-refractivity contribution in [3.05, 3.63) is 58.3 Å². The molecule has 1 saturated heterocycles. The van der Waals surface area contributed by atoms with Crippen LogP contribution in [0.25, 0.3) is 6.08 Å². The number of allylic oxidation sites excluding steroid dienone is 1. The Kier molecular flexibility index (Phi) is 6.35. The van der Waals surface area contributed by atoms with Gasteiger partial charge in [-0.3, -0.25) is 14.6 Å². The Hall–Kier alpha value is -2.87. The molecule has 33 heavy (non-hydrogen) atoms. The number of morpholine rings is 1. The van der Waals surface area contributed by atoms with Crippen LogP contribution in [0, 0.1) is 6.92 Å². The molecule has 5 rings (SSSR count). The van der Waals surface area contributed by atoms with E-state index in [4.69, 9.17) is 18.9 Å². The van der Waals surface area contributed by atoms with Crippen molar-refractivity contribution in [2.24, 2.45) is 0 Å². The second-order valence-electron chi connectivity index (χ2n) is 8.72. The minimum Gasteiger partial charge on any atom is -0.497 e. The van der Waals surface area contributed by atoms with Crippen molar-refractivity contribution in [2.45, 2.75) is 19.9 Å². The molecule has 2 aromatic carbocycles. The molecule has 3 heterocycles. The SMILES string of the molecule is COc1ccc(/C=C2\Oc3c4c(cc(C)c3C2=O)OCN(CCCN2CCOCC2)C4)cc1. The number of ether oxygens (including phenoxy) is 4. The van der Waals surface area contributed by atoms with Crippen LogP contribution >= 0.6 is 0 Å². The van der Waals surface area contributed by atoms with Gasteiger partial charge in [0.25, 0.3) is 0 Å². The van der Waals surface area contributed by atoms with Crippen LogP contribution in [0.15, 0.2) is 36.1 Å². The molecule has 0 N–H and O–H groups in total. The summed E-state index contributed by atoms with van der Waals surface area (Å²) in [5, 5.41) is 0. The van der Waals surface area contributed by atoms with E-state index in [0.29, 0.717) is 30.3 Å². The highest BCUT2D eigenvalue weighted by molar-refractivity contribution is 6.15. The van der Waals surface area contributed by atoms with E-state index >= 15 is 0 Å². The van der Waals surface area contributed by atoms with Gasteiger partial charge in [0.2, 0.25) is 5.78 Å². The van der Waals surface area contributed by atoms with Gasteiger partial charge in [-0.1, -0.05) is 12.1 Å². The number of rotatable bonds is 6. The van der Waals surface area contributed by atoms with Gasteiger partial charge in [-0.15, -0.1) is 0 Å². The number of Topliss-reactive ketones (excluding diaryl/α,β-unsaturated/α-hetero) is 1. The predicted octanol–water partition coefficient (Wildman–Crippen LogP) is 3.49. The van der Waals surface area contributed by atoms with Crippen molar-refractivity contribution < 1.29 is 23.7 Å². The van der Waals surface area contributed by atoms with Gasteiger partial charge in [0, 0.05) is 26.2 Å². The standard InChI is InChI=1S/C26H30N2O5/c1-18-14-22-21(16-28(17-32-22)9-3-8-27-10-12-31-13-11-27)26-24(18)25(29)23(33-26)15-19-4-6-20(30-2)7-5-19/h4-7,14-15H,3,8-13,16-17H2,1-2H3/b23-15-. The summed E-state index contributed by atoms with van der Waals surface area (Å²) in [6, 6.07) is 9.53. The maximum Gasteiger partial charge on any atom is 0.232 e. The van der Waals surface area contributed by atoms with Crippen molar-refractivity contribution in [1.82, 2.24) is 9.80 Å². The number of methoxy groups -OCH3 is 1. The molecule has 0 spiro atoms. The Bertz CT molecular complexity index is 1060. The summed E-state index contributed by atoms with van der Waals surface area (Å²) >= 11 is 0. The molecule has 0 aliphatic carbocycles. The average molecular weight is 451 g/mol. The maximum atomic E-state index is 13.2. The van der Waals surface area contributed by atoms with E-state index in [1.54, 1.807) is 13.2 Å². The lowest BCUT2D eigenvalue weighted by Crippen LogP contribution is -2.39. The summed E-state index contributed by atoms with van der Waals surface area (Å²) in [5.41, 5.74) is 3.37. The highest BCUT2D eigenvalue weighted by atomic mass is 16.5. The van der Waals surface area contributed by atoms with Gasteiger partial charge in [-0.05, 0) is 55.3 Å². The van der Waals surface area contributed by atoms with Crippen LogP contribution in [0.1, 0.15) is 33.5 Å². The molecule has 0 radical (unpaired) electrons. The number of hydrogen-bond acceptors (Lipinski definition) is 7. The number of aryl methyl sites for hydroxylation is 1. The maximum absolute atomic E-state index is 13.2. The van der Waals surface area contributed by atoms with Crippen molar-refractivity contribution in [3.63, 3.8) is 0 Å². The molecule has 7 nitrogen and oxygen atoms in total. The van der Waals surface area contributed by atoms with Gasteiger partial charge < -0.3 is 18.9 Å². The summed E-state index contributed by atoms with van der Waals surface area (Å²) in [5.74, 6) is 2.50. The monoisotopic (exact) mass is 450 g/mol. The number of benzene rings is 2. The molecule has 0 amide bonds. The minimum atomic E-state index is -0.0782. The Morgan fingerprint density at radius 1 is 1.09 bits per heavy atom. The summed E-state index contributed by atoms with van der Waals surface area (Å²) < 4.78 is 22.9. The average Bonchev–Trinajstić information content (AvgIpc) is 3.17. The minimum absolute atomic E-state index is 0.0782. The van der Waals surface area contributed by atoms with E-state index in [-0.39, 0.29) is 5.78 Å². The first-order valence-electron chi connectivity index (χ1n) is 11.5. The zero-order valence-electron chi connectivity index (χ0n) is 19.3. The van der Waals surface area contributed by atoms with Gasteiger partial charge in [-0.25, -0.2) is 0 Å². The van der Waals surface area contributed by atoms with Gasteiger partial charge in [0.05, 0.1) is 31.5 Å². The van der Waals surface area contributed by atoms with Crippen molar-refractivity contribution in [3.8, 4) is 17.2 Å². The second kappa shape index (κ2) is 9.55. The van der Waals surface area contributed by atoms with Crippen molar-refractivity contribution in [1.29, 1.82) is 0 Å². The van der Waals surface area contributed by atoms with Crippen LogP contribution in [0.5, 0.6) is 17.2 Å². The fourth-order valence-electron chi connectivity index (χ4n) is 4.61. The van der Waals surface area contributed by atoms with Gasteiger partial charge in [0.15, 0.2) is 5.76 Å². The smallest absolute Gasteiger partial charge is 0.232 e. The largest absolute Gasteiger partial charge is 0.497 e. The molecular weight excluding hydrogens is 420 g/mol. The molecule has 2 aromatic rings. The van der Waals surface area contributed by atoms with Gasteiger partial charge in [0.1, 0.15) is 24.0 Å². The highest BCUT2D eigenvalue weighted by Crippen LogP contribution is 2.44. The third-order valence-electron chi connectivity index (χ3n) is 6.45. The molecule has 0 atom stereocenters. The van der Waals surface area contributed by atoms with Crippen LogP contribution in [0.4, 0.5) is 0 Å². The summed E-state index contributed by atoms with van der Waals surface area (Å²) in [6.45, 7) is 8.85. The first kappa shape index (κ1) is 21.9. The molecule has 1 fully saturated rings. The topological polar surface area (TPSA) is 60.5 Å². The first-order chi connectivity index (χ1) is 16.1. The molecule has 7 heteroatoms. The number of fused-ring (bicyclic) bond motifs is 3. The second-order valence-corrected chi connectivity index (χ2v) is 8.72. The molecule has 0 unspecified atom stereocenters. The van der Waals surface area contributed by atoms with E-state index < -0.39 is 0 Å². The predicted molar refractivity (Wildman–Crippen MR) is 125 cm³/mol. The van der Waals surface area contributed by atoms with Crippen molar-refractivity contribution >= 4 is 11.9 Å². The number of hydrogen-bond donors (Lipinski definition) is 0. The van der Waals surface area contributed by atoms with E-state index in [9.17, 15) is 4.79 Å². The fraction of sp³-hybridized carbons (Fsp3) is 0.423. The van der Waals surface area contributed by atoms with Crippen LogP contribution in [-0.2, 0) is 11.3 Å². The third kappa shape index (κ3) is 4.62. The number of ketones is 1. The zero-order valence-corrected chi connectivity index (χ0v) is 19.3. The molecule has 0 bridgehead atoms. The Labute approximate surface area is 194 Å². The summed E-state index contributed by atoms with van der Waals surface area (Å²) in [4.78, 5) is 17.9. The van der Waals surface area contributed by atoms with E-state index in [2.05, 4.69) is 9.80 Å². The van der Waals surface area contributed by atoms with Crippen LogP contribution < -0.4 is 14.2 Å². The molecule has 174 valence electrons. The molecule has 3 aliphatic heterocycles. The van der Waals surface area contributed by atoms with E-state index in [1.165, 1.54) is 0 Å². The molecule has 3 aliphatic rings. The van der Waals surface area contributed by atoms with Crippen LogP contribution in [-0.4, -0.2) is 68.8 Å². The lowest BCUT2D eigenvalue weighted by atomic mass is 9.98. The number of carbonyl (C=O) groups excluding carboxylic acids is 1. The Morgan fingerprint density at radius 2 is 1.85 bits per heavy atom. The quantitative estimate of drug-likeness (QED) is 0.625. The molecule has 0 aromatic heterocycles. The zero-order chi connectivity index (χ0) is 22.8. The van der Waals surface area contributed by atoms with Crippen LogP contribution in [0.3, 0.4) is 0 Å². The normalized spacial score (nSPS) is 19.7. The fourth-order valence-corrected chi connectivity index (χ4v) is 4.61. The first-order valence-corrected chi connectivity index (χ1v) is 11.5. The number of nitrogens with zero attached hydrogens (tertiary/aromatic N) is 2. The Balaban J connectivity index is 1.31. The van der Waals surface area contributed by atoms with Gasteiger partial charge >= 0.3 is 0 Å². The number of carbonyl (C=O) groups is 1. The summed E-state index contributed by atoms with van der Waals surface area (Å²) in [6.07, 6.45) is 2.85. The van der Waals surface area contributed by atoms with E-state index in [0.717, 1.165) is 74.0 Å². The lowest BCUT2D eigenvalue weighted by Gasteiger charge is -2.31. The summed E-state index contributed by atoms with van der Waals surface area (Å²) in [7, 11) is 1.63. The van der Waals surface area contributed by atoms with Crippen LogP contribution in [0.2, 0.25) is 0 Å². The van der Waals surface area contributed by atoms with Crippen molar-refractivity contribution in [2.75, 3.05) is 53.2 Å².